The van der Waals surface area contributed by atoms with E-state index in [1.54, 1.807) is 18.2 Å². The summed E-state index contributed by atoms with van der Waals surface area (Å²) in [7, 11) is -6.77. The molecule has 0 aromatic heterocycles. The molecular weight excluding hydrogens is 581 g/mol. The summed E-state index contributed by atoms with van der Waals surface area (Å²) in [6, 6.07) is 21.9. The number of nitrogens with one attached hydrogen (secondary N) is 2. The van der Waals surface area contributed by atoms with E-state index >= 15 is 0 Å². The molecule has 2 N–H and O–H groups in total. The molecule has 208 valence electrons. The predicted molar refractivity (Wildman–Crippen MR) is 151 cm³/mol. The molecule has 40 heavy (non-hydrogen) atoms. The summed E-state index contributed by atoms with van der Waals surface area (Å²) in [5, 5.41) is 2.78. The van der Waals surface area contributed by atoms with Crippen LogP contribution < -0.4 is 19.1 Å². The van der Waals surface area contributed by atoms with Crippen LogP contribution in [0.15, 0.2) is 107 Å². The molecule has 0 saturated heterocycles. The van der Waals surface area contributed by atoms with Crippen molar-refractivity contribution in [1.82, 2.24) is 0 Å². The zero-order valence-electron chi connectivity index (χ0n) is 20.9. The molecule has 9 nitrogen and oxygen atoms in total. The molecule has 4 rings (SSSR count). The third-order valence-corrected chi connectivity index (χ3v) is 9.11. The Labute approximate surface area is 236 Å². The van der Waals surface area contributed by atoms with E-state index in [4.69, 9.17) is 16.3 Å². The van der Waals surface area contributed by atoms with Crippen LogP contribution in [0.5, 0.6) is 5.75 Å². The number of para-hydroxylation sites is 1. The molecule has 0 spiro atoms. The maximum absolute atomic E-state index is 13.5. The van der Waals surface area contributed by atoms with Gasteiger partial charge in [-0.05, 0) is 84.9 Å². The highest BCUT2D eigenvalue weighted by molar-refractivity contribution is 7.93. The van der Waals surface area contributed by atoms with Crippen LogP contribution in [0, 0.1) is 5.82 Å². The molecule has 0 heterocycles. The average molecular weight is 604 g/mol. The molecular formula is C27H23ClFN3O6S2. The van der Waals surface area contributed by atoms with E-state index in [9.17, 15) is 26.0 Å². The molecule has 0 bridgehead atoms. The first-order chi connectivity index (χ1) is 19.0. The Morgan fingerprint density at radius 3 is 2.05 bits per heavy atom. The lowest BCUT2D eigenvalue weighted by atomic mass is 10.3. The fourth-order valence-corrected chi connectivity index (χ4v) is 6.33. The zero-order chi connectivity index (χ0) is 28.9. The third kappa shape index (κ3) is 6.71. The van der Waals surface area contributed by atoms with Crippen molar-refractivity contribution >= 4 is 54.6 Å². The lowest BCUT2D eigenvalue weighted by Crippen LogP contribution is -2.38. The molecule has 0 atom stereocenters. The fraction of sp³-hybridized carbons (Fsp3) is 0.0741. The second-order valence-corrected chi connectivity index (χ2v) is 12.3. The van der Waals surface area contributed by atoms with Gasteiger partial charge in [0.15, 0.2) is 0 Å². The molecule has 0 aliphatic rings. The van der Waals surface area contributed by atoms with Crippen LogP contribution in [-0.4, -0.2) is 36.4 Å². The molecule has 0 aliphatic carbocycles. The van der Waals surface area contributed by atoms with E-state index in [-0.39, 0.29) is 31.9 Å². The highest BCUT2D eigenvalue weighted by atomic mass is 35.5. The van der Waals surface area contributed by atoms with E-state index in [2.05, 4.69) is 10.0 Å². The van der Waals surface area contributed by atoms with Crippen LogP contribution in [0.2, 0.25) is 5.02 Å². The van der Waals surface area contributed by atoms with Gasteiger partial charge in [0.25, 0.3) is 20.0 Å². The minimum absolute atomic E-state index is 0.0689. The van der Waals surface area contributed by atoms with Crippen LogP contribution in [0.1, 0.15) is 0 Å². The van der Waals surface area contributed by atoms with E-state index < -0.39 is 38.3 Å². The SMILES string of the molecule is COc1ccc(S(=O)(=O)N(CC(=O)Nc2ccc(S(=O)(=O)Nc3ccccc3Cl)cc2)c2ccc(F)cc2)cc1. The minimum Gasteiger partial charge on any atom is -0.497 e. The van der Waals surface area contributed by atoms with E-state index in [0.29, 0.717) is 5.75 Å². The summed E-state index contributed by atoms with van der Waals surface area (Å²) in [5.74, 6) is -0.849. The second kappa shape index (κ2) is 11.9. The van der Waals surface area contributed by atoms with Gasteiger partial charge in [0.2, 0.25) is 5.91 Å². The first-order valence-corrected chi connectivity index (χ1v) is 14.9. The molecule has 0 saturated carbocycles. The van der Waals surface area contributed by atoms with Crippen molar-refractivity contribution in [3.63, 3.8) is 0 Å². The molecule has 1 amide bonds. The van der Waals surface area contributed by atoms with Gasteiger partial charge in [0.05, 0.1) is 33.3 Å². The summed E-state index contributed by atoms with van der Waals surface area (Å²) in [6.07, 6.45) is 0. The number of halogens is 2. The van der Waals surface area contributed by atoms with Gasteiger partial charge in [-0.3, -0.25) is 13.8 Å². The second-order valence-electron chi connectivity index (χ2n) is 8.32. The first kappa shape index (κ1) is 28.9. The molecule has 13 heteroatoms. The number of sulfonamides is 2. The number of hydrogen-bond acceptors (Lipinski definition) is 6. The van der Waals surface area contributed by atoms with Crippen molar-refractivity contribution < 1.29 is 30.8 Å². The van der Waals surface area contributed by atoms with Crippen molar-refractivity contribution in [3.8, 4) is 5.75 Å². The van der Waals surface area contributed by atoms with Crippen molar-refractivity contribution in [2.45, 2.75) is 9.79 Å². The highest BCUT2D eigenvalue weighted by Crippen LogP contribution is 2.27. The Morgan fingerprint density at radius 2 is 1.45 bits per heavy atom. The Kier molecular flexibility index (Phi) is 8.62. The Balaban J connectivity index is 1.53. The third-order valence-electron chi connectivity index (χ3n) is 5.62. The zero-order valence-corrected chi connectivity index (χ0v) is 23.3. The van der Waals surface area contributed by atoms with Gasteiger partial charge in [-0.1, -0.05) is 23.7 Å². The smallest absolute Gasteiger partial charge is 0.264 e. The number of carbonyl (C=O) groups is 1. The molecule has 0 radical (unpaired) electrons. The Hall–Kier alpha value is -4.13. The number of hydrogen-bond donors (Lipinski definition) is 2. The number of carbonyl (C=O) groups excluding carboxylic acids is 1. The number of methoxy groups -OCH3 is 1. The first-order valence-electron chi connectivity index (χ1n) is 11.6. The van der Waals surface area contributed by atoms with Crippen molar-refractivity contribution in [2.24, 2.45) is 0 Å². The molecule has 4 aromatic carbocycles. The number of benzene rings is 4. The maximum atomic E-state index is 13.5. The summed E-state index contributed by atoms with van der Waals surface area (Å²) < 4.78 is 74.3. The van der Waals surface area contributed by atoms with Crippen LogP contribution >= 0.6 is 11.6 Å². The molecule has 0 unspecified atom stereocenters. The molecule has 0 aliphatic heterocycles. The summed E-state index contributed by atoms with van der Waals surface area (Å²) in [4.78, 5) is 12.8. The largest absolute Gasteiger partial charge is 0.497 e. The highest BCUT2D eigenvalue weighted by Gasteiger charge is 2.27. The van der Waals surface area contributed by atoms with E-state index in [1.807, 2.05) is 0 Å². The van der Waals surface area contributed by atoms with Crippen LogP contribution in [-0.2, 0) is 24.8 Å². The van der Waals surface area contributed by atoms with Gasteiger partial charge in [-0.15, -0.1) is 0 Å². The van der Waals surface area contributed by atoms with Crippen molar-refractivity contribution in [3.05, 3.63) is 108 Å². The number of anilines is 3. The summed E-state index contributed by atoms with van der Waals surface area (Å²) in [6.45, 7) is -0.645. The van der Waals surface area contributed by atoms with Gasteiger partial charge in [0, 0.05) is 5.69 Å². The van der Waals surface area contributed by atoms with Crippen LogP contribution in [0.25, 0.3) is 0 Å². The average Bonchev–Trinajstić information content (AvgIpc) is 2.94. The summed E-state index contributed by atoms with van der Waals surface area (Å²) >= 11 is 6.03. The fourth-order valence-electron chi connectivity index (χ4n) is 3.59. The van der Waals surface area contributed by atoms with Gasteiger partial charge in [0.1, 0.15) is 18.1 Å². The van der Waals surface area contributed by atoms with Crippen LogP contribution in [0.4, 0.5) is 21.5 Å². The van der Waals surface area contributed by atoms with Gasteiger partial charge >= 0.3 is 0 Å². The maximum Gasteiger partial charge on any atom is 0.264 e. The number of rotatable bonds is 10. The number of nitrogens with zero attached hydrogens (tertiary/aromatic N) is 1. The standard InChI is InChI=1S/C27H23ClFN3O6S2/c1-38-22-12-16-24(17-13-22)40(36,37)32(21-10-6-19(29)7-11-21)18-27(33)30-20-8-14-23(15-9-20)39(34,35)31-26-5-3-2-4-25(26)28/h2-17,31H,18H2,1H3,(H,30,33). The lowest BCUT2D eigenvalue weighted by molar-refractivity contribution is -0.114. The Bertz CT molecular complexity index is 1720. The normalized spacial score (nSPS) is 11.5. The molecule has 4 aromatic rings. The monoisotopic (exact) mass is 603 g/mol. The lowest BCUT2D eigenvalue weighted by Gasteiger charge is -2.24. The van der Waals surface area contributed by atoms with Gasteiger partial charge in [-0.25, -0.2) is 21.2 Å². The quantitative estimate of drug-likeness (QED) is 0.259. The molecule has 0 fully saturated rings. The van der Waals surface area contributed by atoms with E-state index in [0.717, 1.165) is 16.4 Å². The van der Waals surface area contributed by atoms with Gasteiger partial charge < -0.3 is 10.1 Å². The topological polar surface area (TPSA) is 122 Å². The van der Waals surface area contributed by atoms with Gasteiger partial charge in [-0.2, -0.15) is 0 Å². The van der Waals surface area contributed by atoms with Crippen LogP contribution in [0.3, 0.4) is 0 Å². The van der Waals surface area contributed by atoms with E-state index in [1.165, 1.54) is 73.8 Å². The number of ether oxygens (including phenoxy) is 1. The predicted octanol–water partition coefficient (Wildman–Crippen LogP) is 5.12. The summed E-state index contributed by atoms with van der Waals surface area (Å²) in [5.41, 5.74) is 0.502. The Morgan fingerprint density at radius 1 is 0.850 bits per heavy atom. The van der Waals surface area contributed by atoms with Crippen molar-refractivity contribution in [2.75, 3.05) is 28.0 Å². The minimum atomic E-state index is -4.24. The number of amides is 1. The van der Waals surface area contributed by atoms with Crippen molar-refractivity contribution in [1.29, 1.82) is 0 Å².